The first-order chi connectivity index (χ1) is 13.9. The van der Waals surface area contributed by atoms with Crippen LogP contribution in [0.2, 0.25) is 0 Å². The second-order valence-corrected chi connectivity index (χ2v) is 7.25. The van der Waals surface area contributed by atoms with Crippen molar-refractivity contribution < 1.29 is 24.2 Å². The summed E-state index contributed by atoms with van der Waals surface area (Å²) in [5.74, 6) is -1.81. The molecule has 0 unspecified atom stereocenters. The van der Waals surface area contributed by atoms with E-state index in [0.29, 0.717) is 17.8 Å². The molecule has 0 spiro atoms. The predicted octanol–water partition coefficient (Wildman–Crippen LogP) is 3.95. The van der Waals surface area contributed by atoms with Gasteiger partial charge in [-0.15, -0.1) is 0 Å². The van der Waals surface area contributed by atoms with Crippen molar-refractivity contribution >= 4 is 23.9 Å². The summed E-state index contributed by atoms with van der Waals surface area (Å²) in [7, 11) is 1.29. The number of carbonyl (C=O) groups excluding carboxylic acids is 2. The molecule has 3 rings (SSSR count). The van der Waals surface area contributed by atoms with E-state index < -0.39 is 11.9 Å². The lowest BCUT2D eigenvalue weighted by molar-refractivity contribution is -0.136. The molecule has 0 saturated carbocycles. The standard InChI is InChI=1S/C23H25NO5/c1-15-20(23(28)29-2)19(14-17-8-10-18(11-9-17)22(26)27)21(25)24(15)13-12-16-6-4-3-5-7-16/h6,8-11,14H,3-5,7,12-13H2,1-2H3,(H,26,27)/b19-14+. The number of amides is 1. The lowest BCUT2D eigenvalue weighted by Gasteiger charge is -2.20. The second-order valence-electron chi connectivity index (χ2n) is 7.25. The molecule has 0 saturated heterocycles. The summed E-state index contributed by atoms with van der Waals surface area (Å²) in [6.45, 7) is 2.28. The van der Waals surface area contributed by atoms with Crippen LogP contribution < -0.4 is 0 Å². The van der Waals surface area contributed by atoms with Crippen molar-refractivity contribution in [2.45, 2.75) is 39.0 Å². The van der Waals surface area contributed by atoms with Crippen LogP contribution in [0.5, 0.6) is 0 Å². The average molecular weight is 395 g/mol. The monoisotopic (exact) mass is 395 g/mol. The van der Waals surface area contributed by atoms with Gasteiger partial charge < -0.3 is 14.7 Å². The summed E-state index contributed by atoms with van der Waals surface area (Å²) in [5.41, 5.74) is 3.29. The molecule has 1 N–H and O–H groups in total. The number of allylic oxidation sites excluding steroid dienone is 2. The fourth-order valence-electron chi connectivity index (χ4n) is 3.77. The SMILES string of the molecule is COC(=O)C1=C(C)N(CCC2=CCCCC2)C(=O)/C1=C/c1ccc(C(=O)O)cc1. The first kappa shape index (κ1) is 20.6. The fourth-order valence-corrected chi connectivity index (χ4v) is 3.77. The van der Waals surface area contributed by atoms with E-state index in [1.807, 2.05) is 0 Å². The van der Waals surface area contributed by atoms with Crippen molar-refractivity contribution in [2.24, 2.45) is 0 Å². The number of carboxylic acids is 1. The van der Waals surface area contributed by atoms with Crippen LogP contribution >= 0.6 is 0 Å². The van der Waals surface area contributed by atoms with Crippen molar-refractivity contribution in [3.63, 3.8) is 0 Å². The van der Waals surface area contributed by atoms with Gasteiger partial charge in [-0.2, -0.15) is 0 Å². The van der Waals surface area contributed by atoms with Crippen LogP contribution in [-0.4, -0.2) is 41.5 Å². The third-order valence-corrected chi connectivity index (χ3v) is 5.41. The van der Waals surface area contributed by atoms with Gasteiger partial charge in [0.25, 0.3) is 5.91 Å². The van der Waals surface area contributed by atoms with Crippen molar-refractivity contribution in [2.75, 3.05) is 13.7 Å². The Hall–Kier alpha value is -3.15. The first-order valence-electron chi connectivity index (χ1n) is 9.76. The number of aromatic carboxylic acids is 1. The zero-order chi connectivity index (χ0) is 21.0. The molecule has 1 aliphatic carbocycles. The maximum atomic E-state index is 13.1. The van der Waals surface area contributed by atoms with Crippen molar-refractivity contribution in [1.29, 1.82) is 0 Å². The maximum Gasteiger partial charge on any atom is 0.340 e. The quantitative estimate of drug-likeness (QED) is 0.448. The van der Waals surface area contributed by atoms with E-state index in [-0.39, 0.29) is 22.6 Å². The summed E-state index contributed by atoms with van der Waals surface area (Å²) in [4.78, 5) is 38.1. The van der Waals surface area contributed by atoms with E-state index >= 15 is 0 Å². The highest BCUT2D eigenvalue weighted by molar-refractivity contribution is 6.16. The molecule has 0 aromatic heterocycles. The molecular weight excluding hydrogens is 370 g/mol. The molecule has 0 fully saturated rings. The molecule has 29 heavy (non-hydrogen) atoms. The Morgan fingerprint density at radius 1 is 1.21 bits per heavy atom. The smallest absolute Gasteiger partial charge is 0.340 e. The van der Waals surface area contributed by atoms with Gasteiger partial charge in [0.05, 0.1) is 23.8 Å². The van der Waals surface area contributed by atoms with Gasteiger partial charge in [0.2, 0.25) is 0 Å². The van der Waals surface area contributed by atoms with Gasteiger partial charge in [-0.1, -0.05) is 23.8 Å². The topological polar surface area (TPSA) is 83.9 Å². The summed E-state index contributed by atoms with van der Waals surface area (Å²) >= 11 is 0. The Kier molecular flexibility index (Phi) is 6.32. The molecule has 6 heteroatoms. The van der Waals surface area contributed by atoms with Crippen LogP contribution in [-0.2, 0) is 14.3 Å². The summed E-state index contributed by atoms with van der Waals surface area (Å²) in [5, 5.41) is 9.04. The molecule has 0 bridgehead atoms. The lowest BCUT2D eigenvalue weighted by Crippen LogP contribution is -2.26. The molecule has 2 aliphatic rings. The lowest BCUT2D eigenvalue weighted by atomic mass is 9.97. The van der Waals surface area contributed by atoms with Crippen LogP contribution in [0.3, 0.4) is 0 Å². The molecular formula is C23H25NO5. The highest BCUT2D eigenvalue weighted by Gasteiger charge is 2.36. The minimum absolute atomic E-state index is 0.159. The van der Waals surface area contributed by atoms with Gasteiger partial charge >= 0.3 is 11.9 Å². The van der Waals surface area contributed by atoms with Gasteiger partial charge in [0.1, 0.15) is 0 Å². The number of carbonyl (C=O) groups is 3. The van der Waals surface area contributed by atoms with E-state index in [2.05, 4.69) is 6.08 Å². The van der Waals surface area contributed by atoms with Gasteiger partial charge in [0, 0.05) is 12.2 Å². The van der Waals surface area contributed by atoms with Gasteiger partial charge in [0.15, 0.2) is 0 Å². The van der Waals surface area contributed by atoms with Gasteiger partial charge in [-0.3, -0.25) is 4.79 Å². The molecule has 1 aliphatic heterocycles. The van der Waals surface area contributed by atoms with Crippen LogP contribution in [0.25, 0.3) is 6.08 Å². The third-order valence-electron chi connectivity index (χ3n) is 5.41. The Labute approximate surface area is 170 Å². The predicted molar refractivity (Wildman–Crippen MR) is 109 cm³/mol. The Morgan fingerprint density at radius 2 is 1.93 bits per heavy atom. The highest BCUT2D eigenvalue weighted by Crippen LogP contribution is 2.32. The largest absolute Gasteiger partial charge is 0.478 e. The first-order valence-corrected chi connectivity index (χ1v) is 9.76. The number of benzene rings is 1. The minimum Gasteiger partial charge on any atom is -0.478 e. The number of nitrogens with zero attached hydrogens (tertiary/aromatic N) is 1. The molecule has 1 heterocycles. The summed E-state index contributed by atoms with van der Waals surface area (Å²) in [6, 6.07) is 6.17. The molecule has 1 aromatic carbocycles. The Balaban J connectivity index is 1.89. The molecule has 152 valence electrons. The van der Waals surface area contributed by atoms with Crippen LogP contribution in [0.4, 0.5) is 0 Å². The number of esters is 1. The molecule has 1 aromatic rings. The number of hydrogen-bond acceptors (Lipinski definition) is 4. The Morgan fingerprint density at radius 3 is 2.52 bits per heavy atom. The third kappa shape index (κ3) is 4.47. The fraction of sp³-hybridized carbons (Fsp3) is 0.348. The maximum absolute atomic E-state index is 13.1. The highest BCUT2D eigenvalue weighted by atomic mass is 16.5. The summed E-state index contributed by atoms with van der Waals surface area (Å²) in [6.07, 6.45) is 9.20. The Bertz CT molecular complexity index is 921. The van der Waals surface area contributed by atoms with E-state index in [9.17, 15) is 14.4 Å². The number of rotatable bonds is 6. The molecule has 1 amide bonds. The van der Waals surface area contributed by atoms with Gasteiger partial charge in [-0.05, 0) is 62.8 Å². The average Bonchev–Trinajstić information content (AvgIpc) is 2.96. The van der Waals surface area contributed by atoms with Crippen molar-refractivity contribution in [3.05, 3.63) is 63.9 Å². The van der Waals surface area contributed by atoms with Crippen LogP contribution in [0, 0.1) is 0 Å². The second kappa shape index (κ2) is 8.90. The van der Waals surface area contributed by atoms with E-state index in [1.165, 1.54) is 37.7 Å². The number of carboxylic acid groups (broad SMARTS) is 1. The van der Waals surface area contributed by atoms with Gasteiger partial charge in [-0.25, -0.2) is 9.59 Å². The van der Waals surface area contributed by atoms with E-state index in [1.54, 1.807) is 30.0 Å². The van der Waals surface area contributed by atoms with Crippen molar-refractivity contribution in [1.82, 2.24) is 4.90 Å². The minimum atomic E-state index is -1.02. The zero-order valence-electron chi connectivity index (χ0n) is 16.7. The van der Waals surface area contributed by atoms with Crippen molar-refractivity contribution in [3.8, 4) is 0 Å². The summed E-state index contributed by atoms with van der Waals surface area (Å²) < 4.78 is 4.91. The normalized spacial score (nSPS) is 18.3. The van der Waals surface area contributed by atoms with Crippen LogP contribution in [0.1, 0.15) is 54.9 Å². The number of hydrogen-bond donors (Lipinski definition) is 1. The molecule has 0 atom stereocenters. The van der Waals surface area contributed by atoms with E-state index in [4.69, 9.17) is 9.84 Å². The number of ether oxygens (including phenoxy) is 1. The molecule has 0 radical (unpaired) electrons. The number of methoxy groups -OCH3 is 1. The van der Waals surface area contributed by atoms with E-state index in [0.717, 1.165) is 19.3 Å². The zero-order valence-corrected chi connectivity index (χ0v) is 16.7. The molecule has 6 nitrogen and oxygen atoms in total. The van der Waals surface area contributed by atoms with Crippen LogP contribution in [0.15, 0.2) is 52.8 Å².